The molecule has 0 N–H and O–H groups in total. The zero-order valence-electron chi connectivity index (χ0n) is 11.8. The lowest BCUT2D eigenvalue weighted by molar-refractivity contribution is 0.176. The third-order valence-corrected chi connectivity index (χ3v) is 2.94. The van der Waals surface area contributed by atoms with Crippen molar-refractivity contribution in [2.24, 2.45) is 7.05 Å². The van der Waals surface area contributed by atoms with Crippen LogP contribution in [0.15, 0.2) is 30.5 Å². The Balaban J connectivity index is 2.17. The molecule has 2 rings (SSSR count). The lowest BCUT2D eigenvalue weighted by atomic mass is 10.2. The van der Waals surface area contributed by atoms with Crippen LogP contribution in [0.2, 0.25) is 5.02 Å². The fraction of sp³-hybridized carbons (Fsp3) is 0.286. The summed E-state index contributed by atoms with van der Waals surface area (Å²) in [5.74, 6) is 0.568. The second-order valence-electron chi connectivity index (χ2n) is 4.23. The van der Waals surface area contributed by atoms with E-state index in [4.69, 9.17) is 21.1 Å². The molecule has 5 nitrogen and oxygen atoms in total. The van der Waals surface area contributed by atoms with Crippen LogP contribution in [0.1, 0.15) is 6.92 Å². The first-order chi connectivity index (χ1) is 10.0. The number of aryl methyl sites for hydroxylation is 1. The molecule has 0 radical (unpaired) electrons. The van der Waals surface area contributed by atoms with Crippen molar-refractivity contribution in [3.8, 4) is 17.4 Å². The molecule has 7 heteroatoms. The van der Waals surface area contributed by atoms with Gasteiger partial charge in [-0.1, -0.05) is 18.2 Å². The summed E-state index contributed by atoms with van der Waals surface area (Å²) in [4.78, 5) is 4.23. The Morgan fingerprint density at radius 3 is 2.90 bits per heavy atom. The molecule has 0 unspecified atom stereocenters. The van der Waals surface area contributed by atoms with Gasteiger partial charge in [0.25, 0.3) is 0 Å². The third kappa shape index (κ3) is 3.72. The van der Waals surface area contributed by atoms with Gasteiger partial charge in [0.2, 0.25) is 0 Å². The van der Waals surface area contributed by atoms with Crippen LogP contribution in [0.5, 0.6) is 6.01 Å². The summed E-state index contributed by atoms with van der Waals surface area (Å²) in [6, 6.07) is 4.26. The number of ether oxygens (including phenoxy) is 2. The van der Waals surface area contributed by atoms with Crippen molar-refractivity contribution in [3.05, 3.63) is 41.4 Å². The summed E-state index contributed by atoms with van der Waals surface area (Å²) in [7, 11) is 1.70. The van der Waals surface area contributed by atoms with E-state index in [-0.39, 0.29) is 17.6 Å². The van der Waals surface area contributed by atoms with Gasteiger partial charge in [0.1, 0.15) is 18.2 Å². The van der Waals surface area contributed by atoms with Crippen molar-refractivity contribution in [1.82, 2.24) is 14.8 Å². The normalized spacial score (nSPS) is 10.5. The molecule has 0 saturated carbocycles. The molecule has 1 heterocycles. The number of aromatic nitrogens is 3. The van der Waals surface area contributed by atoms with Crippen LogP contribution in [0.25, 0.3) is 11.4 Å². The van der Waals surface area contributed by atoms with Crippen molar-refractivity contribution < 1.29 is 13.9 Å². The molecular weight excluding hydrogens is 297 g/mol. The van der Waals surface area contributed by atoms with Gasteiger partial charge in [-0.15, -0.1) is 5.10 Å². The maximum atomic E-state index is 13.1. The van der Waals surface area contributed by atoms with Crippen LogP contribution in [-0.2, 0) is 11.8 Å². The summed E-state index contributed by atoms with van der Waals surface area (Å²) in [6.07, 6.45) is 0. The Kier molecular flexibility index (Phi) is 4.80. The van der Waals surface area contributed by atoms with Gasteiger partial charge in [-0.2, -0.15) is 4.98 Å². The minimum Gasteiger partial charge on any atom is -0.495 e. The van der Waals surface area contributed by atoms with Gasteiger partial charge >= 0.3 is 6.01 Å². The number of halogens is 2. The van der Waals surface area contributed by atoms with Crippen LogP contribution in [0, 0.1) is 5.82 Å². The van der Waals surface area contributed by atoms with E-state index in [9.17, 15) is 4.39 Å². The Bertz CT molecular complexity index is 658. The molecule has 0 amide bonds. The van der Waals surface area contributed by atoms with Gasteiger partial charge < -0.3 is 9.47 Å². The van der Waals surface area contributed by atoms with E-state index in [1.807, 2.05) is 6.92 Å². The Hall–Kier alpha value is -2.08. The number of nitrogens with zero attached hydrogens (tertiary/aromatic N) is 3. The van der Waals surface area contributed by atoms with Crippen LogP contribution in [-0.4, -0.2) is 28.0 Å². The topological polar surface area (TPSA) is 49.2 Å². The second kappa shape index (κ2) is 6.58. The average molecular weight is 312 g/mol. The maximum Gasteiger partial charge on any atom is 0.336 e. The monoisotopic (exact) mass is 311 g/mol. The van der Waals surface area contributed by atoms with E-state index in [0.29, 0.717) is 23.8 Å². The Morgan fingerprint density at radius 1 is 1.48 bits per heavy atom. The molecule has 21 heavy (non-hydrogen) atoms. The smallest absolute Gasteiger partial charge is 0.336 e. The van der Waals surface area contributed by atoms with Crippen molar-refractivity contribution >= 4 is 11.6 Å². The van der Waals surface area contributed by atoms with Crippen LogP contribution < -0.4 is 4.74 Å². The molecule has 2 aromatic rings. The summed E-state index contributed by atoms with van der Waals surface area (Å²) in [5.41, 5.74) is 0.576. The molecule has 0 aliphatic carbocycles. The van der Waals surface area contributed by atoms with Crippen LogP contribution in [0.4, 0.5) is 4.39 Å². The second-order valence-corrected chi connectivity index (χ2v) is 4.63. The van der Waals surface area contributed by atoms with Gasteiger partial charge in [-0.25, -0.2) is 9.07 Å². The maximum absolute atomic E-state index is 13.1. The van der Waals surface area contributed by atoms with E-state index < -0.39 is 5.82 Å². The lowest BCUT2D eigenvalue weighted by Gasteiger charge is -2.05. The third-order valence-electron chi connectivity index (χ3n) is 2.63. The molecule has 0 spiro atoms. The van der Waals surface area contributed by atoms with Crippen molar-refractivity contribution in [2.45, 2.75) is 6.92 Å². The molecule has 1 aromatic carbocycles. The van der Waals surface area contributed by atoms with Crippen LogP contribution >= 0.6 is 11.6 Å². The molecule has 0 aliphatic rings. The quantitative estimate of drug-likeness (QED) is 0.769. The molecule has 1 aromatic heterocycles. The summed E-state index contributed by atoms with van der Waals surface area (Å²) in [6.45, 7) is 6.24. The molecule has 0 bridgehead atoms. The van der Waals surface area contributed by atoms with Gasteiger partial charge in [0.05, 0.1) is 11.6 Å². The highest BCUT2D eigenvalue weighted by Gasteiger charge is 2.14. The SMILES string of the molecule is C=C(COc1nc(-c2ccc(F)cc2Cl)n(C)n1)OCC. The minimum atomic E-state index is -0.407. The molecule has 0 saturated heterocycles. The Morgan fingerprint density at radius 2 is 2.24 bits per heavy atom. The minimum absolute atomic E-state index is 0.161. The van der Waals surface area contributed by atoms with Gasteiger partial charge in [-0.3, -0.25) is 0 Å². The van der Waals surface area contributed by atoms with E-state index in [0.717, 1.165) is 0 Å². The Labute approximate surface area is 127 Å². The fourth-order valence-corrected chi connectivity index (χ4v) is 1.97. The first kappa shape index (κ1) is 15.3. The van der Waals surface area contributed by atoms with E-state index in [1.54, 1.807) is 13.1 Å². The number of hydrogen-bond acceptors (Lipinski definition) is 4. The van der Waals surface area contributed by atoms with Crippen molar-refractivity contribution in [1.29, 1.82) is 0 Å². The summed E-state index contributed by atoms with van der Waals surface area (Å²) >= 11 is 6.02. The number of benzene rings is 1. The predicted octanol–water partition coefficient (Wildman–Crippen LogP) is 3.20. The van der Waals surface area contributed by atoms with E-state index in [2.05, 4.69) is 16.7 Å². The van der Waals surface area contributed by atoms with Crippen LogP contribution in [0.3, 0.4) is 0 Å². The lowest BCUT2D eigenvalue weighted by Crippen LogP contribution is -2.04. The average Bonchev–Trinajstić information content (AvgIpc) is 2.78. The zero-order valence-corrected chi connectivity index (χ0v) is 12.5. The van der Waals surface area contributed by atoms with E-state index in [1.165, 1.54) is 16.8 Å². The highest BCUT2D eigenvalue weighted by molar-refractivity contribution is 6.33. The largest absolute Gasteiger partial charge is 0.495 e. The molecular formula is C14H15ClFN3O2. The van der Waals surface area contributed by atoms with E-state index >= 15 is 0 Å². The highest BCUT2D eigenvalue weighted by Crippen LogP contribution is 2.27. The highest BCUT2D eigenvalue weighted by atomic mass is 35.5. The first-order valence-corrected chi connectivity index (χ1v) is 6.69. The van der Waals surface area contributed by atoms with Gasteiger partial charge in [0, 0.05) is 12.6 Å². The van der Waals surface area contributed by atoms with Gasteiger partial charge in [-0.05, 0) is 25.1 Å². The molecule has 112 valence electrons. The van der Waals surface area contributed by atoms with Crippen molar-refractivity contribution in [3.63, 3.8) is 0 Å². The number of hydrogen-bond donors (Lipinski definition) is 0. The zero-order chi connectivity index (χ0) is 15.4. The molecule has 0 atom stereocenters. The standard InChI is InChI=1S/C14H15ClFN3O2/c1-4-20-9(2)8-21-14-17-13(19(3)18-14)11-6-5-10(16)7-12(11)15/h5-7H,2,4,8H2,1,3H3. The van der Waals surface area contributed by atoms with Crippen molar-refractivity contribution in [2.75, 3.05) is 13.2 Å². The van der Waals surface area contributed by atoms with Gasteiger partial charge in [0.15, 0.2) is 5.82 Å². The molecule has 0 aliphatic heterocycles. The first-order valence-electron chi connectivity index (χ1n) is 6.31. The molecule has 0 fully saturated rings. The number of rotatable bonds is 6. The summed E-state index contributed by atoms with van der Waals surface area (Å²) in [5, 5.41) is 4.38. The predicted molar refractivity (Wildman–Crippen MR) is 77.7 cm³/mol. The summed E-state index contributed by atoms with van der Waals surface area (Å²) < 4.78 is 25.1. The fourth-order valence-electron chi connectivity index (χ4n) is 1.72.